The smallest absolute Gasteiger partial charge is 0.167 e. The van der Waals surface area contributed by atoms with Gasteiger partial charge in [-0.15, -0.1) is 0 Å². The summed E-state index contributed by atoms with van der Waals surface area (Å²) in [5.41, 5.74) is 2.21. The van der Waals surface area contributed by atoms with E-state index in [9.17, 15) is 4.79 Å². The molecule has 2 aromatic rings. The normalized spacial score (nSPS) is 14.1. The van der Waals surface area contributed by atoms with Gasteiger partial charge in [0, 0.05) is 36.6 Å². The number of hydrogen-bond donors (Lipinski definition) is 0. The number of hydrogen-bond acceptors (Lipinski definition) is 3. The highest BCUT2D eigenvalue weighted by atomic mass is 16.1. The first-order valence-corrected chi connectivity index (χ1v) is 6.31. The molecule has 1 aliphatic carbocycles. The molecular formula is C15H13N3O. The minimum absolute atomic E-state index is 0.252. The molecule has 4 heteroatoms. The molecule has 0 radical (unpaired) electrons. The number of nitrogens with zero attached hydrogens (tertiary/aromatic N) is 3. The Hall–Kier alpha value is -2.41. The lowest BCUT2D eigenvalue weighted by molar-refractivity contribution is 0.0967. The first-order valence-electron chi connectivity index (χ1n) is 6.31. The van der Waals surface area contributed by atoms with Crippen LogP contribution in [0.5, 0.6) is 0 Å². The highest BCUT2D eigenvalue weighted by Crippen LogP contribution is 2.32. The Balaban J connectivity index is 1.76. The SMILES string of the molecule is N#Cc1cc(Cn2ccc(C(=O)C3CC3)c2)ccn1. The van der Waals surface area contributed by atoms with Crippen molar-refractivity contribution >= 4 is 5.78 Å². The van der Waals surface area contributed by atoms with E-state index in [-0.39, 0.29) is 11.7 Å². The maximum absolute atomic E-state index is 11.9. The molecule has 1 saturated carbocycles. The Morgan fingerprint density at radius 1 is 1.47 bits per heavy atom. The quantitative estimate of drug-likeness (QED) is 0.784. The molecule has 0 amide bonds. The molecule has 2 aromatic heterocycles. The van der Waals surface area contributed by atoms with E-state index in [1.807, 2.05) is 35.2 Å². The van der Waals surface area contributed by atoms with Crippen LogP contribution in [0.25, 0.3) is 0 Å². The Kier molecular flexibility index (Phi) is 2.88. The van der Waals surface area contributed by atoms with Gasteiger partial charge >= 0.3 is 0 Å². The third-order valence-corrected chi connectivity index (χ3v) is 3.29. The predicted octanol–water partition coefficient (Wildman–Crippen LogP) is 2.40. The molecule has 0 N–H and O–H groups in total. The third kappa shape index (κ3) is 2.55. The number of aromatic nitrogens is 2. The number of carbonyl (C=O) groups is 1. The van der Waals surface area contributed by atoms with Crippen LogP contribution in [0.15, 0.2) is 36.8 Å². The standard InChI is InChI=1S/C15H13N3O/c16-8-14-7-11(3-5-17-14)9-18-6-4-13(10-18)15(19)12-1-2-12/h3-7,10,12H,1-2,9H2. The van der Waals surface area contributed by atoms with Gasteiger partial charge in [-0.05, 0) is 36.6 Å². The van der Waals surface area contributed by atoms with Crippen LogP contribution in [0.4, 0.5) is 0 Å². The number of nitriles is 1. The van der Waals surface area contributed by atoms with Gasteiger partial charge in [0.15, 0.2) is 5.78 Å². The fraction of sp³-hybridized carbons (Fsp3) is 0.267. The molecule has 1 aliphatic rings. The van der Waals surface area contributed by atoms with Crippen molar-refractivity contribution in [2.45, 2.75) is 19.4 Å². The van der Waals surface area contributed by atoms with Gasteiger partial charge in [-0.2, -0.15) is 5.26 Å². The summed E-state index contributed by atoms with van der Waals surface area (Å²) in [6.45, 7) is 0.648. The molecule has 0 bridgehead atoms. The van der Waals surface area contributed by atoms with E-state index in [2.05, 4.69) is 4.98 Å². The molecule has 0 aromatic carbocycles. The van der Waals surface area contributed by atoms with Crippen LogP contribution in [-0.2, 0) is 6.54 Å². The Labute approximate surface area is 111 Å². The molecule has 0 spiro atoms. The highest BCUT2D eigenvalue weighted by molar-refractivity contribution is 5.99. The molecule has 19 heavy (non-hydrogen) atoms. The van der Waals surface area contributed by atoms with Crippen LogP contribution in [0.1, 0.15) is 34.5 Å². The molecule has 1 fully saturated rings. The van der Waals surface area contributed by atoms with E-state index in [4.69, 9.17) is 5.26 Å². The van der Waals surface area contributed by atoms with Gasteiger partial charge < -0.3 is 4.57 Å². The Morgan fingerprint density at radius 2 is 2.32 bits per heavy atom. The monoisotopic (exact) mass is 251 g/mol. The largest absolute Gasteiger partial charge is 0.349 e. The second kappa shape index (κ2) is 4.69. The summed E-state index contributed by atoms with van der Waals surface area (Å²) in [7, 11) is 0. The Morgan fingerprint density at radius 3 is 3.05 bits per heavy atom. The van der Waals surface area contributed by atoms with E-state index in [0.717, 1.165) is 24.0 Å². The Bertz CT molecular complexity index is 662. The highest BCUT2D eigenvalue weighted by Gasteiger charge is 2.30. The zero-order valence-electron chi connectivity index (χ0n) is 10.4. The average Bonchev–Trinajstić information content (AvgIpc) is 3.19. The number of carbonyl (C=O) groups excluding carboxylic acids is 1. The molecule has 2 heterocycles. The maximum Gasteiger partial charge on any atom is 0.167 e. The fourth-order valence-corrected chi connectivity index (χ4v) is 2.11. The molecule has 3 rings (SSSR count). The van der Waals surface area contributed by atoms with Crippen LogP contribution < -0.4 is 0 Å². The van der Waals surface area contributed by atoms with Crippen molar-refractivity contribution in [3.05, 3.63) is 53.6 Å². The number of pyridine rings is 1. The number of Topliss-reactive ketones (excluding diaryl/α,β-unsaturated/α-hetero) is 1. The minimum atomic E-state index is 0.252. The minimum Gasteiger partial charge on any atom is -0.349 e. The van der Waals surface area contributed by atoms with Crippen molar-refractivity contribution in [1.82, 2.24) is 9.55 Å². The maximum atomic E-state index is 11.9. The van der Waals surface area contributed by atoms with Crippen molar-refractivity contribution in [1.29, 1.82) is 5.26 Å². The van der Waals surface area contributed by atoms with Gasteiger partial charge in [0.2, 0.25) is 0 Å². The lowest BCUT2D eigenvalue weighted by Gasteiger charge is -2.03. The lowest BCUT2D eigenvalue weighted by atomic mass is 10.1. The van der Waals surface area contributed by atoms with Crippen LogP contribution in [0, 0.1) is 17.2 Å². The topological polar surface area (TPSA) is 58.7 Å². The van der Waals surface area contributed by atoms with Gasteiger partial charge in [0.25, 0.3) is 0 Å². The molecule has 0 unspecified atom stereocenters. The number of rotatable bonds is 4. The van der Waals surface area contributed by atoms with E-state index in [0.29, 0.717) is 12.2 Å². The van der Waals surface area contributed by atoms with Crippen molar-refractivity contribution in [2.75, 3.05) is 0 Å². The third-order valence-electron chi connectivity index (χ3n) is 3.29. The van der Waals surface area contributed by atoms with Gasteiger partial charge in [0.1, 0.15) is 11.8 Å². The van der Waals surface area contributed by atoms with E-state index in [1.54, 1.807) is 12.3 Å². The van der Waals surface area contributed by atoms with Crippen molar-refractivity contribution in [3.8, 4) is 6.07 Å². The fourth-order valence-electron chi connectivity index (χ4n) is 2.11. The predicted molar refractivity (Wildman–Crippen MR) is 69.5 cm³/mol. The van der Waals surface area contributed by atoms with Gasteiger partial charge in [0.05, 0.1) is 0 Å². The van der Waals surface area contributed by atoms with E-state index in [1.165, 1.54) is 0 Å². The summed E-state index contributed by atoms with van der Waals surface area (Å²) in [5, 5.41) is 8.81. The van der Waals surface area contributed by atoms with Crippen LogP contribution in [-0.4, -0.2) is 15.3 Å². The molecule has 0 saturated heterocycles. The number of ketones is 1. The second-order valence-corrected chi connectivity index (χ2v) is 4.87. The molecular weight excluding hydrogens is 238 g/mol. The van der Waals surface area contributed by atoms with Crippen molar-refractivity contribution in [3.63, 3.8) is 0 Å². The van der Waals surface area contributed by atoms with Gasteiger partial charge in [-0.3, -0.25) is 4.79 Å². The summed E-state index contributed by atoms with van der Waals surface area (Å²) in [4.78, 5) is 15.8. The summed E-state index contributed by atoms with van der Waals surface area (Å²) in [6.07, 6.45) is 7.47. The van der Waals surface area contributed by atoms with Gasteiger partial charge in [-0.25, -0.2) is 4.98 Å². The van der Waals surface area contributed by atoms with Gasteiger partial charge in [-0.1, -0.05) is 0 Å². The first kappa shape index (κ1) is 11.7. The van der Waals surface area contributed by atoms with E-state index >= 15 is 0 Å². The van der Waals surface area contributed by atoms with Crippen molar-refractivity contribution < 1.29 is 4.79 Å². The summed E-state index contributed by atoms with van der Waals surface area (Å²) in [6, 6.07) is 7.54. The summed E-state index contributed by atoms with van der Waals surface area (Å²) >= 11 is 0. The summed E-state index contributed by atoms with van der Waals surface area (Å²) < 4.78 is 1.96. The first-order chi connectivity index (χ1) is 9.26. The van der Waals surface area contributed by atoms with E-state index < -0.39 is 0 Å². The molecule has 0 aliphatic heterocycles. The lowest BCUT2D eigenvalue weighted by Crippen LogP contribution is -2.01. The van der Waals surface area contributed by atoms with Crippen molar-refractivity contribution in [2.24, 2.45) is 5.92 Å². The zero-order chi connectivity index (χ0) is 13.2. The van der Waals surface area contributed by atoms with Crippen LogP contribution in [0.3, 0.4) is 0 Å². The average molecular weight is 251 g/mol. The zero-order valence-corrected chi connectivity index (χ0v) is 10.4. The van der Waals surface area contributed by atoms with Crippen LogP contribution >= 0.6 is 0 Å². The second-order valence-electron chi connectivity index (χ2n) is 4.87. The molecule has 0 atom stereocenters. The summed E-state index contributed by atoms with van der Waals surface area (Å²) in [5.74, 6) is 0.508. The molecule has 94 valence electrons. The van der Waals surface area contributed by atoms with Crippen LogP contribution in [0.2, 0.25) is 0 Å². The molecule has 4 nitrogen and oxygen atoms in total.